The van der Waals surface area contributed by atoms with Gasteiger partial charge in [-0.3, -0.25) is 4.79 Å². The van der Waals surface area contributed by atoms with E-state index in [1.165, 1.54) is 0 Å². The lowest BCUT2D eigenvalue weighted by Gasteiger charge is -2.45. The van der Waals surface area contributed by atoms with Crippen molar-refractivity contribution in [2.24, 2.45) is 5.92 Å². The summed E-state index contributed by atoms with van der Waals surface area (Å²) < 4.78 is 5.99. The van der Waals surface area contributed by atoms with Gasteiger partial charge in [0.15, 0.2) is 0 Å². The van der Waals surface area contributed by atoms with E-state index in [9.17, 15) is 9.90 Å². The Labute approximate surface area is 168 Å². The first-order chi connectivity index (χ1) is 13.1. The zero-order valence-electron chi connectivity index (χ0n) is 14.7. The molecule has 142 valence electrons. The van der Waals surface area contributed by atoms with Gasteiger partial charge in [-0.2, -0.15) is 0 Å². The van der Waals surface area contributed by atoms with Crippen molar-refractivity contribution in [3.05, 3.63) is 69.7 Å². The summed E-state index contributed by atoms with van der Waals surface area (Å²) in [7, 11) is 0. The van der Waals surface area contributed by atoms with Gasteiger partial charge in [0.25, 0.3) is 0 Å². The summed E-state index contributed by atoms with van der Waals surface area (Å²) >= 11 is 12.3. The van der Waals surface area contributed by atoms with Crippen molar-refractivity contribution in [3.8, 4) is 0 Å². The average molecular weight is 406 g/mol. The molecule has 1 saturated heterocycles. The largest absolute Gasteiger partial charge is 0.394 e. The van der Waals surface area contributed by atoms with E-state index in [1.807, 2.05) is 53.4 Å². The number of carbonyl (C=O) groups excluding carboxylic acids is 1. The lowest BCUT2D eigenvalue weighted by atomic mass is 9.91. The topological polar surface area (TPSA) is 49.8 Å². The van der Waals surface area contributed by atoms with Crippen LogP contribution >= 0.6 is 23.2 Å². The Bertz CT molecular complexity index is 822. The van der Waals surface area contributed by atoms with Crippen LogP contribution in [0.25, 0.3) is 0 Å². The van der Waals surface area contributed by atoms with Gasteiger partial charge in [-0.25, -0.2) is 0 Å². The zero-order valence-corrected chi connectivity index (χ0v) is 16.2. The number of aliphatic hydroxyl groups is 1. The van der Waals surface area contributed by atoms with Crippen LogP contribution in [0.4, 0.5) is 0 Å². The summed E-state index contributed by atoms with van der Waals surface area (Å²) in [6.45, 7) is -0.0622. The summed E-state index contributed by atoms with van der Waals surface area (Å²) in [5.74, 6) is 0.242. The van der Waals surface area contributed by atoms with Gasteiger partial charge in [-0.1, -0.05) is 47.5 Å². The minimum Gasteiger partial charge on any atom is -0.394 e. The first kappa shape index (κ1) is 18.8. The van der Waals surface area contributed by atoms with Gasteiger partial charge in [0.05, 0.1) is 18.7 Å². The van der Waals surface area contributed by atoms with Crippen LogP contribution in [0.2, 0.25) is 10.0 Å². The molecule has 2 aromatic rings. The number of hydrogen-bond donors (Lipinski definition) is 1. The normalized spacial score (nSPS) is 24.1. The van der Waals surface area contributed by atoms with Crippen molar-refractivity contribution in [2.75, 3.05) is 13.2 Å². The summed E-state index contributed by atoms with van der Waals surface area (Å²) in [6.07, 6.45) is 1.70. The predicted octanol–water partition coefficient (Wildman–Crippen LogP) is 4.41. The summed E-state index contributed by atoms with van der Waals surface area (Å²) in [5.41, 5.74) is 1.84. The number of carbonyl (C=O) groups is 1. The van der Waals surface area contributed by atoms with Crippen molar-refractivity contribution in [1.82, 2.24) is 4.90 Å². The Balaban J connectivity index is 1.79. The fourth-order valence-electron chi connectivity index (χ4n) is 3.92. The Morgan fingerprint density at radius 1 is 1.07 bits per heavy atom. The number of morpholine rings is 1. The lowest BCUT2D eigenvalue weighted by molar-refractivity contribution is -0.165. The molecule has 0 spiro atoms. The van der Waals surface area contributed by atoms with Crippen LogP contribution in [0.1, 0.15) is 36.1 Å². The summed E-state index contributed by atoms with van der Waals surface area (Å²) in [5, 5.41) is 11.3. The second kappa shape index (κ2) is 7.80. The smallest absolute Gasteiger partial charge is 0.249 e. The molecule has 1 heterocycles. The maximum Gasteiger partial charge on any atom is 0.249 e. The number of amides is 1. The molecule has 1 N–H and O–H groups in total. The molecule has 4 nitrogen and oxygen atoms in total. The van der Waals surface area contributed by atoms with Crippen molar-refractivity contribution in [3.63, 3.8) is 0 Å². The molecular weight excluding hydrogens is 385 g/mol. The molecule has 1 aliphatic heterocycles. The first-order valence-electron chi connectivity index (χ1n) is 9.13. The van der Waals surface area contributed by atoms with Crippen LogP contribution in [0, 0.1) is 5.92 Å². The Kier molecular flexibility index (Phi) is 5.42. The van der Waals surface area contributed by atoms with E-state index in [0.29, 0.717) is 16.0 Å². The number of rotatable bonds is 5. The van der Waals surface area contributed by atoms with Gasteiger partial charge >= 0.3 is 0 Å². The molecule has 3 atom stereocenters. The van der Waals surface area contributed by atoms with E-state index in [1.54, 1.807) is 0 Å². The molecule has 0 bridgehead atoms. The molecule has 2 fully saturated rings. The van der Waals surface area contributed by atoms with Crippen LogP contribution in [-0.4, -0.2) is 35.2 Å². The highest BCUT2D eigenvalue weighted by Crippen LogP contribution is 2.46. The SMILES string of the molecule is O=C1COC(c2cccc(Cl)c2)[C@@H](c2ccc(Cl)cc2)N1C(CO)C1CC1. The maximum absolute atomic E-state index is 12.9. The van der Waals surface area contributed by atoms with E-state index in [-0.39, 0.29) is 37.3 Å². The molecule has 2 aromatic carbocycles. The molecule has 0 aromatic heterocycles. The number of halogens is 2. The number of nitrogens with zero attached hydrogens (tertiary/aromatic N) is 1. The van der Waals surface area contributed by atoms with Gasteiger partial charge in [-0.15, -0.1) is 0 Å². The fraction of sp³-hybridized carbons (Fsp3) is 0.381. The van der Waals surface area contributed by atoms with Crippen LogP contribution in [-0.2, 0) is 9.53 Å². The van der Waals surface area contributed by atoms with Crippen LogP contribution in [0.3, 0.4) is 0 Å². The van der Waals surface area contributed by atoms with Gasteiger partial charge in [0.1, 0.15) is 12.7 Å². The molecule has 4 rings (SSSR count). The highest BCUT2D eigenvalue weighted by atomic mass is 35.5. The Hall–Kier alpha value is -1.59. The van der Waals surface area contributed by atoms with Gasteiger partial charge in [-0.05, 0) is 54.2 Å². The first-order valence-corrected chi connectivity index (χ1v) is 9.88. The van der Waals surface area contributed by atoms with Crippen LogP contribution in [0.15, 0.2) is 48.5 Å². The van der Waals surface area contributed by atoms with Crippen LogP contribution < -0.4 is 0 Å². The Morgan fingerprint density at radius 3 is 2.44 bits per heavy atom. The van der Waals surface area contributed by atoms with Crippen molar-refractivity contribution < 1.29 is 14.6 Å². The van der Waals surface area contributed by atoms with E-state index in [2.05, 4.69) is 0 Å². The van der Waals surface area contributed by atoms with Crippen molar-refractivity contribution in [2.45, 2.75) is 31.0 Å². The molecule has 1 saturated carbocycles. The zero-order chi connectivity index (χ0) is 19.0. The van der Waals surface area contributed by atoms with E-state index < -0.39 is 0 Å². The third kappa shape index (κ3) is 3.85. The molecule has 6 heteroatoms. The second-order valence-corrected chi connectivity index (χ2v) is 8.04. The molecule has 1 aliphatic carbocycles. The predicted molar refractivity (Wildman–Crippen MR) is 105 cm³/mol. The quantitative estimate of drug-likeness (QED) is 0.801. The van der Waals surface area contributed by atoms with Gasteiger partial charge in [0, 0.05) is 10.0 Å². The third-order valence-corrected chi connectivity index (χ3v) is 5.85. The number of ether oxygens (including phenoxy) is 1. The number of aliphatic hydroxyl groups excluding tert-OH is 1. The average Bonchev–Trinajstić information content (AvgIpc) is 3.49. The molecule has 2 unspecified atom stereocenters. The Morgan fingerprint density at radius 2 is 1.81 bits per heavy atom. The number of hydrogen-bond acceptors (Lipinski definition) is 3. The van der Waals surface area contributed by atoms with Gasteiger partial charge in [0.2, 0.25) is 5.91 Å². The molecular formula is C21H21Cl2NO3. The monoisotopic (exact) mass is 405 g/mol. The maximum atomic E-state index is 12.9. The van der Waals surface area contributed by atoms with E-state index in [4.69, 9.17) is 27.9 Å². The summed E-state index contributed by atoms with van der Waals surface area (Å²) in [4.78, 5) is 14.7. The minimum absolute atomic E-state index is 0.00943. The van der Waals surface area contributed by atoms with Crippen LogP contribution in [0.5, 0.6) is 0 Å². The van der Waals surface area contributed by atoms with Crippen molar-refractivity contribution in [1.29, 1.82) is 0 Å². The molecule has 27 heavy (non-hydrogen) atoms. The molecule has 2 aliphatic rings. The molecule has 1 amide bonds. The standard InChI is InChI=1S/C21H21Cl2NO3/c22-16-8-6-14(7-9-16)20-21(15-2-1-3-17(23)10-15)27-12-19(26)24(20)18(11-25)13-4-5-13/h1-3,6-10,13,18,20-21,25H,4-5,11-12H2/t18?,20-,21?/m1/s1. The third-order valence-electron chi connectivity index (χ3n) is 5.36. The second-order valence-electron chi connectivity index (χ2n) is 7.17. The van der Waals surface area contributed by atoms with E-state index in [0.717, 1.165) is 24.0 Å². The summed E-state index contributed by atoms with van der Waals surface area (Å²) in [6, 6.07) is 14.4. The minimum atomic E-state index is -0.365. The number of benzene rings is 2. The van der Waals surface area contributed by atoms with Gasteiger partial charge < -0.3 is 14.7 Å². The molecule has 0 radical (unpaired) electrons. The highest BCUT2D eigenvalue weighted by Gasteiger charge is 2.46. The lowest BCUT2D eigenvalue weighted by Crippen LogP contribution is -2.52. The van der Waals surface area contributed by atoms with Crippen molar-refractivity contribution >= 4 is 29.1 Å². The fourth-order valence-corrected chi connectivity index (χ4v) is 4.25. The highest BCUT2D eigenvalue weighted by molar-refractivity contribution is 6.30. The van der Waals surface area contributed by atoms with E-state index >= 15 is 0 Å².